The molecule has 11 nitrogen and oxygen atoms in total. The lowest BCUT2D eigenvalue weighted by atomic mass is 9.60. The molecule has 11 heteroatoms. The van der Waals surface area contributed by atoms with Crippen molar-refractivity contribution in [3.05, 3.63) is 87.9 Å². The van der Waals surface area contributed by atoms with Crippen LogP contribution < -0.4 is 14.2 Å². The van der Waals surface area contributed by atoms with E-state index in [1.165, 1.54) is 14.2 Å². The predicted octanol–water partition coefficient (Wildman–Crippen LogP) is 4.25. The van der Waals surface area contributed by atoms with Crippen LogP contribution in [0.5, 0.6) is 17.2 Å². The maximum atomic E-state index is 14.8. The molecule has 0 aromatic heterocycles. The average Bonchev–Trinajstić information content (AvgIpc) is 3.56. The van der Waals surface area contributed by atoms with Crippen molar-refractivity contribution in [1.82, 2.24) is 0 Å². The van der Waals surface area contributed by atoms with Crippen molar-refractivity contribution < 1.29 is 52.3 Å². The molecule has 5 atom stereocenters. The zero-order valence-corrected chi connectivity index (χ0v) is 25.5. The van der Waals surface area contributed by atoms with Crippen LogP contribution in [0.15, 0.2) is 71.2 Å². The number of hydrogen-bond acceptors (Lipinski definition) is 11. The Kier molecular flexibility index (Phi) is 6.70. The van der Waals surface area contributed by atoms with Gasteiger partial charge in [-0.3, -0.25) is 4.79 Å². The first-order valence-electron chi connectivity index (χ1n) is 14.6. The second-order valence-corrected chi connectivity index (χ2v) is 11.6. The largest absolute Gasteiger partial charge is 0.493 e. The SMILES string of the molecule is CC=C(C)C(=O)OC1c2cc3c(c4c2C2(CO4)C(=O)C(OC)=C(OC)C=C2C(OC(=O)c2ccccc2)C2(CO2)C1C)OCO3. The first-order chi connectivity index (χ1) is 21.7. The molecule has 5 unspecified atom stereocenters. The van der Waals surface area contributed by atoms with Gasteiger partial charge in [-0.15, -0.1) is 0 Å². The zero-order valence-electron chi connectivity index (χ0n) is 25.5. The molecule has 0 saturated carbocycles. The van der Waals surface area contributed by atoms with Gasteiger partial charge in [0.2, 0.25) is 24.1 Å². The van der Waals surface area contributed by atoms with E-state index in [-0.39, 0.29) is 37.3 Å². The number of Topliss-reactive ketones (excluding diaryl/α,β-unsaturated/α-hetero) is 1. The van der Waals surface area contributed by atoms with E-state index < -0.39 is 46.9 Å². The first kappa shape index (κ1) is 29.0. The molecular formula is C34H32O11. The van der Waals surface area contributed by atoms with Crippen molar-refractivity contribution in [2.24, 2.45) is 5.92 Å². The standard InChI is InChI=1S/C34H32O11/c1-6-17(2)31(36)44-25-18(3)34(15-43-34)30(45-32(37)19-10-8-7-9-11-19)21-13-22(38-4)27(39-5)29(35)33(21)14-40-28-24(33)20(25)12-23-26(28)42-16-41-23/h6-13,18,25,30H,14-16H2,1-5H3. The Morgan fingerprint density at radius 1 is 1.00 bits per heavy atom. The summed E-state index contributed by atoms with van der Waals surface area (Å²) in [4.78, 5) is 41.9. The molecule has 3 aliphatic heterocycles. The molecule has 5 aliphatic rings. The molecule has 7 rings (SSSR count). The Morgan fingerprint density at radius 2 is 1.76 bits per heavy atom. The lowest BCUT2D eigenvalue weighted by Crippen LogP contribution is -2.55. The van der Waals surface area contributed by atoms with Crippen molar-refractivity contribution >= 4 is 17.7 Å². The van der Waals surface area contributed by atoms with Crippen LogP contribution in [-0.4, -0.2) is 63.7 Å². The molecule has 2 aliphatic carbocycles. The number of carbonyl (C=O) groups excluding carboxylic acids is 3. The second kappa shape index (κ2) is 10.4. The fraction of sp³-hybridized carbons (Fsp3) is 0.382. The van der Waals surface area contributed by atoms with Crippen LogP contribution in [0.1, 0.15) is 48.4 Å². The van der Waals surface area contributed by atoms with E-state index in [0.717, 1.165) is 0 Å². The van der Waals surface area contributed by atoms with Gasteiger partial charge in [-0.25, -0.2) is 9.59 Å². The summed E-state index contributed by atoms with van der Waals surface area (Å²) in [7, 11) is 2.81. The number of esters is 2. The molecule has 234 valence electrons. The Hall–Kier alpha value is -4.77. The number of rotatable bonds is 6. The van der Waals surface area contributed by atoms with E-state index in [1.807, 2.05) is 6.92 Å². The molecule has 2 aromatic rings. The molecule has 0 bridgehead atoms. The topological polar surface area (TPSA) is 128 Å². The molecule has 0 amide bonds. The summed E-state index contributed by atoms with van der Waals surface area (Å²) in [6, 6.07) is 10.3. The highest BCUT2D eigenvalue weighted by Gasteiger charge is 2.70. The molecule has 45 heavy (non-hydrogen) atoms. The number of epoxide rings is 1. The van der Waals surface area contributed by atoms with Gasteiger partial charge in [-0.05, 0) is 43.7 Å². The number of ketones is 1. The van der Waals surface area contributed by atoms with Crippen molar-refractivity contribution in [3.63, 3.8) is 0 Å². The number of hydrogen-bond donors (Lipinski definition) is 0. The van der Waals surface area contributed by atoms with E-state index in [0.29, 0.717) is 39.3 Å². The number of allylic oxidation sites excluding steroid dienone is 3. The van der Waals surface area contributed by atoms with E-state index in [1.54, 1.807) is 62.4 Å². The monoisotopic (exact) mass is 616 g/mol. The van der Waals surface area contributed by atoms with Crippen molar-refractivity contribution in [3.8, 4) is 17.2 Å². The van der Waals surface area contributed by atoms with Crippen molar-refractivity contribution in [1.29, 1.82) is 0 Å². The molecule has 1 fully saturated rings. The highest BCUT2D eigenvalue weighted by molar-refractivity contribution is 6.09. The summed E-state index contributed by atoms with van der Waals surface area (Å²) in [5.41, 5.74) is -0.736. The van der Waals surface area contributed by atoms with Crippen LogP contribution in [0, 0.1) is 5.92 Å². The van der Waals surface area contributed by atoms with Gasteiger partial charge in [0.15, 0.2) is 23.4 Å². The Bertz CT molecular complexity index is 1710. The summed E-state index contributed by atoms with van der Waals surface area (Å²) in [5, 5.41) is 0. The maximum Gasteiger partial charge on any atom is 0.338 e. The minimum Gasteiger partial charge on any atom is -0.493 e. The predicted molar refractivity (Wildman–Crippen MR) is 156 cm³/mol. The number of ether oxygens (including phenoxy) is 8. The summed E-state index contributed by atoms with van der Waals surface area (Å²) in [5.74, 6) is -1.09. The zero-order chi connectivity index (χ0) is 31.7. The minimum atomic E-state index is -1.58. The van der Waals surface area contributed by atoms with Crippen LogP contribution in [0.3, 0.4) is 0 Å². The first-order valence-corrected chi connectivity index (χ1v) is 14.6. The molecular weight excluding hydrogens is 584 g/mol. The third-order valence-corrected chi connectivity index (χ3v) is 9.49. The quantitative estimate of drug-likeness (QED) is 0.262. The minimum absolute atomic E-state index is 0.0351. The number of carbonyl (C=O) groups is 3. The third-order valence-electron chi connectivity index (χ3n) is 9.49. The molecule has 2 aromatic carbocycles. The van der Waals surface area contributed by atoms with E-state index in [2.05, 4.69) is 0 Å². The lowest BCUT2D eigenvalue weighted by molar-refractivity contribution is -0.150. The van der Waals surface area contributed by atoms with Gasteiger partial charge in [0.1, 0.15) is 23.7 Å². The van der Waals surface area contributed by atoms with E-state index in [4.69, 9.17) is 37.9 Å². The second-order valence-electron chi connectivity index (χ2n) is 11.6. The molecule has 0 N–H and O–H groups in total. The van der Waals surface area contributed by atoms with Crippen LogP contribution in [-0.2, 0) is 38.7 Å². The van der Waals surface area contributed by atoms with Crippen molar-refractivity contribution in [2.75, 3.05) is 34.2 Å². The average molecular weight is 617 g/mol. The smallest absolute Gasteiger partial charge is 0.338 e. The normalized spacial score (nSPS) is 29.1. The molecule has 1 saturated heterocycles. The third kappa shape index (κ3) is 4.03. The number of methoxy groups -OCH3 is 2. The summed E-state index contributed by atoms with van der Waals surface area (Å²) in [6.45, 7) is 5.20. The van der Waals surface area contributed by atoms with Gasteiger partial charge >= 0.3 is 11.9 Å². The highest BCUT2D eigenvalue weighted by Crippen LogP contribution is 2.64. The van der Waals surface area contributed by atoms with E-state index >= 15 is 0 Å². The summed E-state index contributed by atoms with van der Waals surface area (Å²) in [6.07, 6.45) is 1.24. The summed E-state index contributed by atoms with van der Waals surface area (Å²) >= 11 is 0. The van der Waals surface area contributed by atoms with Gasteiger partial charge in [0.05, 0.1) is 26.4 Å². The molecule has 0 radical (unpaired) electrons. The fourth-order valence-corrected chi connectivity index (χ4v) is 6.83. The van der Waals surface area contributed by atoms with Gasteiger partial charge in [0, 0.05) is 22.6 Å². The van der Waals surface area contributed by atoms with Crippen LogP contribution in [0.2, 0.25) is 0 Å². The Balaban J connectivity index is 1.52. The van der Waals surface area contributed by atoms with Crippen molar-refractivity contribution in [2.45, 2.75) is 44.0 Å². The van der Waals surface area contributed by atoms with Crippen LogP contribution in [0.4, 0.5) is 0 Å². The van der Waals surface area contributed by atoms with Gasteiger partial charge in [0.25, 0.3) is 0 Å². The van der Waals surface area contributed by atoms with Gasteiger partial charge < -0.3 is 37.9 Å². The van der Waals surface area contributed by atoms with Crippen LogP contribution in [0.25, 0.3) is 0 Å². The highest BCUT2D eigenvalue weighted by atomic mass is 16.7. The van der Waals surface area contributed by atoms with Gasteiger partial charge in [-0.2, -0.15) is 0 Å². The number of benzene rings is 2. The molecule has 3 heterocycles. The Labute approximate surface area is 259 Å². The van der Waals surface area contributed by atoms with E-state index in [9.17, 15) is 14.4 Å². The molecule has 2 spiro atoms. The maximum absolute atomic E-state index is 14.8. The fourth-order valence-electron chi connectivity index (χ4n) is 6.83. The van der Waals surface area contributed by atoms with Gasteiger partial charge in [-0.1, -0.05) is 31.2 Å². The summed E-state index contributed by atoms with van der Waals surface area (Å²) < 4.78 is 48.0. The Morgan fingerprint density at radius 3 is 2.42 bits per heavy atom. The van der Waals surface area contributed by atoms with Crippen LogP contribution >= 0.6 is 0 Å². The lowest BCUT2D eigenvalue weighted by Gasteiger charge is -2.44. The number of fused-ring (bicyclic) bond motifs is 2.